The number of carbonyl (C=O) groups is 1. The molecule has 3 N–H and O–H groups in total. The number of ether oxygens (including phenoxy) is 1. The average molecular weight is 473 g/mol. The van der Waals surface area contributed by atoms with Crippen molar-refractivity contribution in [3.8, 4) is 5.75 Å². The van der Waals surface area contributed by atoms with Gasteiger partial charge in [0, 0.05) is 54.3 Å². The van der Waals surface area contributed by atoms with Crippen LogP contribution in [-0.4, -0.2) is 40.4 Å². The average Bonchev–Trinajstić information content (AvgIpc) is 3.25. The molecule has 1 saturated heterocycles. The molecule has 0 bridgehead atoms. The fraction of sp³-hybridized carbons (Fsp3) is 0.440. The number of aromatic amines is 1. The Hall–Kier alpha value is -3.07. The van der Waals surface area contributed by atoms with Gasteiger partial charge in [0.05, 0.1) is 7.11 Å². The molecule has 9 heteroatoms. The Kier molecular flexibility index (Phi) is 5.35. The second-order valence-electron chi connectivity index (χ2n) is 9.75. The lowest BCUT2D eigenvalue weighted by Crippen LogP contribution is -2.53. The highest BCUT2D eigenvalue weighted by Gasteiger charge is 2.58. The lowest BCUT2D eigenvalue weighted by molar-refractivity contribution is -0.186. The largest absolute Gasteiger partial charge is 0.496 e. The second-order valence-corrected chi connectivity index (χ2v) is 9.75. The van der Waals surface area contributed by atoms with Crippen LogP contribution in [-0.2, 0) is 6.54 Å². The number of alkyl halides is 2. The van der Waals surface area contributed by atoms with Gasteiger partial charge >= 0.3 is 0 Å². The minimum Gasteiger partial charge on any atom is -0.496 e. The van der Waals surface area contributed by atoms with Crippen LogP contribution in [0.1, 0.15) is 58.9 Å². The highest BCUT2D eigenvalue weighted by molar-refractivity contribution is 5.91. The SMILES string of the molecule is COc1cc(C)c2[nH]ccc2c1CN1CCC2(CC1c1cnc(C(N)=O)c(F)c1)CC(F)(F)C2. The summed E-state index contributed by atoms with van der Waals surface area (Å²) >= 11 is 0. The molecule has 5 rings (SSSR count). The van der Waals surface area contributed by atoms with Gasteiger partial charge in [-0.1, -0.05) is 0 Å². The van der Waals surface area contributed by atoms with Gasteiger partial charge in [-0.25, -0.2) is 18.2 Å². The Morgan fingerprint density at radius 3 is 2.76 bits per heavy atom. The molecule has 1 atom stereocenters. The van der Waals surface area contributed by atoms with E-state index in [1.165, 1.54) is 12.3 Å². The van der Waals surface area contributed by atoms with Gasteiger partial charge in [0.15, 0.2) is 11.5 Å². The fourth-order valence-corrected chi connectivity index (χ4v) is 5.86. The topological polar surface area (TPSA) is 84.2 Å². The molecule has 1 amide bonds. The number of nitrogens with one attached hydrogen (secondary N) is 1. The number of carbonyl (C=O) groups excluding carboxylic acids is 1. The van der Waals surface area contributed by atoms with Gasteiger partial charge in [-0.2, -0.15) is 0 Å². The van der Waals surface area contributed by atoms with E-state index in [1.54, 1.807) is 7.11 Å². The van der Waals surface area contributed by atoms with Crippen molar-refractivity contribution in [1.29, 1.82) is 0 Å². The molecule has 1 aliphatic heterocycles. The number of aryl methyl sites for hydroxylation is 1. The van der Waals surface area contributed by atoms with Crippen LogP contribution in [0.4, 0.5) is 13.2 Å². The van der Waals surface area contributed by atoms with Crippen molar-refractivity contribution in [2.45, 2.75) is 51.1 Å². The van der Waals surface area contributed by atoms with E-state index in [-0.39, 0.29) is 18.9 Å². The number of nitrogens with zero attached hydrogens (tertiary/aromatic N) is 2. The predicted octanol–water partition coefficient (Wildman–Crippen LogP) is 4.87. The summed E-state index contributed by atoms with van der Waals surface area (Å²) < 4.78 is 48.0. The van der Waals surface area contributed by atoms with Crippen LogP contribution in [0.25, 0.3) is 10.9 Å². The summed E-state index contributed by atoms with van der Waals surface area (Å²) in [6.07, 6.45) is 4.10. The van der Waals surface area contributed by atoms with Crippen molar-refractivity contribution in [2.75, 3.05) is 13.7 Å². The van der Waals surface area contributed by atoms with Gasteiger partial charge in [-0.05, 0) is 61.1 Å². The van der Waals surface area contributed by atoms with Gasteiger partial charge in [-0.15, -0.1) is 0 Å². The predicted molar refractivity (Wildman–Crippen MR) is 121 cm³/mol. The van der Waals surface area contributed by atoms with Gasteiger partial charge < -0.3 is 15.5 Å². The summed E-state index contributed by atoms with van der Waals surface area (Å²) in [7, 11) is 1.62. The van der Waals surface area contributed by atoms with Crippen molar-refractivity contribution < 1.29 is 22.7 Å². The van der Waals surface area contributed by atoms with Gasteiger partial charge in [0.2, 0.25) is 5.92 Å². The van der Waals surface area contributed by atoms with Crippen molar-refractivity contribution >= 4 is 16.8 Å². The van der Waals surface area contributed by atoms with Gasteiger partial charge in [0.1, 0.15) is 5.75 Å². The fourth-order valence-electron chi connectivity index (χ4n) is 5.86. The van der Waals surface area contributed by atoms with E-state index in [2.05, 4.69) is 14.9 Å². The summed E-state index contributed by atoms with van der Waals surface area (Å²) in [6, 6.07) is 4.90. The molecule has 0 radical (unpaired) electrons. The minimum absolute atomic E-state index is 0.157. The van der Waals surface area contributed by atoms with Crippen molar-refractivity contribution in [3.05, 3.63) is 58.8 Å². The number of likely N-dealkylation sites (tertiary alicyclic amines) is 1. The number of piperidine rings is 1. The van der Waals surface area contributed by atoms with Gasteiger partial charge in [0.25, 0.3) is 5.91 Å². The molecule has 2 aliphatic rings. The number of halogens is 3. The number of hydrogen-bond donors (Lipinski definition) is 2. The van der Waals surface area contributed by atoms with Crippen molar-refractivity contribution in [2.24, 2.45) is 11.1 Å². The van der Waals surface area contributed by atoms with E-state index in [1.807, 2.05) is 25.3 Å². The minimum atomic E-state index is -2.65. The lowest BCUT2D eigenvalue weighted by atomic mass is 9.59. The summed E-state index contributed by atoms with van der Waals surface area (Å²) in [5.41, 5.74) is 7.90. The van der Waals surface area contributed by atoms with Crippen molar-refractivity contribution in [3.63, 3.8) is 0 Å². The molecular weight excluding hydrogens is 445 g/mol. The van der Waals surface area contributed by atoms with E-state index in [4.69, 9.17) is 10.5 Å². The molecule has 1 aliphatic carbocycles. The van der Waals surface area contributed by atoms with Crippen LogP contribution >= 0.6 is 0 Å². The van der Waals surface area contributed by atoms with Crippen molar-refractivity contribution in [1.82, 2.24) is 14.9 Å². The highest BCUT2D eigenvalue weighted by Crippen LogP contribution is 2.60. The molecule has 2 aromatic heterocycles. The Morgan fingerprint density at radius 2 is 2.12 bits per heavy atom. The zero-order valence-electron chi connectivity index (χ0n) is 19.1. The van der Waals surface area contributed by atoms with E-state index in [0.29, 0.717) is 31.5 Å². The van der Waals surface area contributed by atoms with Crippen LogP contribution in [0.15, 0.2) is 30.6 Å². The first-order valence-electron chi connectivity index (χ1n) is 11.3. The third-order valence-electron chi connectivity index (χ3n) is 7.44. The second kappa shape index (κ2) is 8.01. The monoisotopic (exact) mass is 472 g/mol. The van der Waals surface area contributed by atoms with E-state index in [9.17, 15) is 18.0 Å². The zero-order valence-corrected chi connectivity index (χ0v) is 19.1. The summed E-state index contributed by atoms with van der Waals surface area (Å²) in [4.78, 5) is 20.8. The first-order valence-corrected chi connectivity index (χ1v) is 11.3. The Labute approximate surface area is 195 Å². The van der Waals surface area contributed by atoms with E-state index in [0.717, 1.165) is 27.8 Å². The molecule has 6 nitrogen and oxygen atoms in total. The normalized spacial score (nSPS) is 21.5. The third kappa shape index (κ3) is 3.81. The first-order chi connectivity index (χ1) is 16.1. The standard InChI is InChI=1S/C25H27F3N4O2/c1-14-7-20(34-2)17(16-3-5-30-21(14)16)11-32-6-4-24(12-25(27,28)13-24)9-19(32)15-8-18(26)22(23(29)33)31-10-15/h3,5,7-8,10,19,30H,4,6,9,11-13H2,1-2H3,(H2,29,33). The number of pyridine rings is 1. The number of amides is 1. The molecule has 3 heterocycles. The number of methoxy groups -OCH3 is 1. The maximum Gasteiger partial charge on any atom is 0.270 e. The van der Waals surface area contributed by atoms with E-state index >= 15 is 0 Å². The maximum atomic E-state index is 14.6. The van der Waals surface area contributed by atoms with Crippen LogP contribution in [0.5, 0.6) is 5.75 Å². The van der Waals surface area contributed by atoms with Crippen LogP contribution in [0.2, 0.25) is 0 Å². The molecule has 1 unspecified atom stereocenters. The molecule has 3 aromatic rings. The summed E-state index contributed by atoms with van der Waals surface area (Å²) in [6.45, 7) is 3.07. The molecule has 1 aromatic carbocycles. The number of benzene rings is 1. The first kappa shape index (κ1) is 22.7. The summed E-state index contributed by atoms with van der Waals surface area (Å²) in [5, 5.41) is 1.03. The van der Waals surface area contributed by atoms with E-state index < -0.39 is 28.8 Å². The zero-order chi connectivity index (χ0) is 24.3. The number of hydrogen-bond acceptors (Lipinski definition) is 4. The number of fused-ring (bicyclic) bond motifs is 1. The lowest BCUT2D eigenvalue weighted by Gasteiger charge is -2.54. The molecule has 34 heavy (non-hydrogen) atoms. The molecule has 1 spiro atoms. The number of H-pyrrole nitrogens is 1. The molecule has 1 saturated carbocycles. The smallest absolute Gasteiger partial charge is 0.270 e. The highest BCUT2D eigenvalue weighted by atomic mass is 19.3. The third-order valence-corrected chi connectivity index (χ3v) is 7.44. The van der Waals surface area contributed by atoms with Crippen LogP contribution < -0.4 is 10.5 Å². The summed E-state index contributed by atoms with van der Waals surface area (Å²) in [5.74, 6) is -3.65. The molecular formula is C25H27F3N4O2. The quantitative estimate of drug-likeness (QED) is 0.555. The maximum absolute atomic E-state index is 14.6. The van der Waals surface area contributed by atoms with Crippen LogP contribution in [0.3, 0.4) is 0 Å². The number of rotatable bonds is 5. The Bertz CT molecular complexity index is 1260. The Balaban J connectivity index is 1.53. The number of nitrogens with two attached hydrogens (primary N) is 1. The number of primary amides is 1. The number of aromatic nitrogens is 2. The Morgan fingerprint density at radius 1 is 1.35 bits per heavy atom. The molecule has 2 fully saturated rings. The molecule has 180 valence electrons. The van der Waals surface area contributed by atoms with Gasteiger partial charge in [-0.3, -0.25) is 9.69 Å². The van der Waals surface area contributed by atoms with Crippen LogP contribution in [0, 0.1) is 18.2 Å².